The monoisotopic (exact) mass is 299 g/mol. The van der Waals surface area contributed by atoms with Crippen LogP contribution >= 0.6 is 10.7 Å². The largest absolute Gasteiger partial charge is 0.349 e. The van der Waals surface area contributed by atoms with Crippen LogP contribution < -0.4 is 5.32 Å². The molecule has 0 saturated heterocycles. The predicted octanol–water partition coefficient (Wildman–Crippen LogP) is 2.45. The van der Waals surface area contributed by atoms with E-state index < -0.39 is 9.05 Å². The van der Waals surface area contributed by atoms with E-state index in [9.17, 15) is 13.2 Å². The van der Waals surface area contributed by atoms with Gasteiger partial charge in [-0.25, -0.2) is 8.42 Å². The van der Waals surface area contributed by atoms with Crippen LogP contribution in [0.2, 0.25) is 0 Å². The molecule has 0 bridgehead atoms. The Morgan fingerprint density at radius 1 is 1.21 bits per heavy atom. The van der Waals surface area contributed by atoms with Crippen molar-refractivity contribution in [2.45, 2.75) is 30.2 Å². The molecule has 6 heteroatoms. The van der Waals surface area contributed by atoms with Crippen molar-refractivity contribution in [3.8, 4) is 0 Å². The Hall–Kier alpha value is -1.33. The van der Waals surface area contributed by atoms with Crippen LogP contribution in [0.25, 0.3) is 0 Å². The molecular weight excluding hydrogens is 286 g/mol. The summed E-state index contributed by atoms with van der Waals surface area (Å²) in [5.41, 5.74) is 0.429. The maximum atomic E-state index is 12.0. The van der Waals surface area contributed by atoms with Crippen molar-refractivity contribution in [1.82, 2.24) is 5.32 Å². The molecule has 1 N–H and O–H groups in total. The predicted molar refractivity (Wildman–Crippen MR) is 73.7 cm³/mol. The molecule has 1 aliphatic rings. The van der Waals surface area contributed by atoms with Crippen molar-refractivity contribution in [3.05, 3.63) is 42.0 Å². The van der Waals surface area contributed by atoms with Crippen molar-refractivity contribution in [2.75, 3.05) is 0 Å². The first-order valence-electron chi connectivity index (χ1n) is 5.97. The van der Waals surface area contributed by atoms with Gasteiger partial charge >= 0.3 is 0 Å². The molecule has 1 aromatic carbocycles. The van der Waals surface area contributed by atoms with E-state index in [0.29, 0.717) is 5.56 Å². The highest BCUT2D eigenvalue weighted by molar-refractivity contribution is 8.13. The lowest BCUT2D eigenvalue weighted by atomic mass is 10.0. The van der Waals surface area contributed by atoms with Crippen LogP contribution in [0.3, 0.4) is 0 Å². The first kappa shape index (κ1) is 14.1. The Morgan fingerprint density at radius 2 is 1.89 bits per heavy atom. The van der Waals surface area contributed by atoms with Gasteiger partial charge in [0.2, 0.25) is 0 Å². The fourth-order valence-electron chi connectivity index (χ4n) is 1.96. The molecule has 19 heavy (non-hydrogen) atoms. The summed E-state index contributed by atoms with van der Waals surface area (Å²) in [7, 11) is 1.47. The van der Waals surface area contributed by atoms with E-state index in [1.807, 2.05) is 0 Å². The Morgan fingerprint density at radius 3 is 2.42 bits per heavy atom. The molecule has 1 atom stereocenters. The van der Waals surface area contributed by atoms with Crippen molar-refractivity contribution < 1.29 is 13.2 Å². The highest BCUT2D eigenvalue weighted by Crippen LogP contribution is 2.16. The van der Waals surface area contributed by atoms with Gasteiger partial charge in [-0.3, -0.25) is 4.79 Å². The third-order valence-corrected chi connectivity index (χ3v) is 4.37. The van der Waals surface area contributed by atoms with Crippen molar-refractivity contribution in [1.29, 1.82) is 0 Å². The molecule has 0 aromatic heterocycles. The molecule has 1 amide bonds. The van der Waals surface area contributed by atoms with Crippen molar-refractivity contribution in [3.63, 3.8) is 0 Å². The number of hydrogen-bond acceptors (Lipinski definition) is 3. The molecule has 0 fully saturated rings. The van der Waals surface area contributed by atoms with Gasteiger partial charge in [-0.1, -0.05) is 12.2 Å². The third-order valence-electron chi connectivity index (χ3n) is 3.00. The topological polar surface area (TPSA) is 63.2 Å². The number of halogens is 1. The molecule has 0 radical (unpaired) electrons. The number of benzene rings is 1. The molecule has 1 unspecified atom stereocenters. The number of nitrogens with one attached hydrogen (secondary N) is 1. The van der Waals surface area contributed by atoms with Gasteiger partial charge in [-0.15, -0.1) is 0 Å². The van der Waals surface area contributed by atoms with E-state index in [-0.39, 0.29) is 16.8 Å². The zero-order valence-corrected chi connectivity index (χ0v) is 11.7. The first-order valence-corrected chi connectivity index (χ1v) is 8.28. The smallest absolute Gasteiger partial charge is 0.261 e. The minimum absolute atomic E-state index is 0.00804. The zero-order chi connectivity index (χ0) is 13.9. The second kappa shape index (κ2) is 5.75. The summed E-state index contributed by atoms with van der Waals surface area (Å²) in [5, 5.41) is 2.92. The Balaban J connectivity index is 2.05. The van der Waals surface area contributed by atoms with Gasteiger partial charge in [0.25, 0.3) is 15.0 Å². The average Bonchev–Trinajstić information content (AvgIpc) is 2.39. The fraction of sp³-hybridized carbons (Fsp3) is 0.308. The third kappa shape index (κ3) is 3.81. The van der Waals surface area contributed by atoms with Crippen LogP contribution in [0, 0.1) is 0 Å². The van der Waals surface area contributed by atoms with Gasteiger partial charge in [-0.2, -0.15) is 0 Å². The van der Waals surface area contributed by atoms with Crippen LogP contribution in [0.5, 0.6) is 0 Å². The number of rotatable bonds is 3. The van der Waals surface area contributed by atoms with Gasteiger partial charge < -0.3 is 5.32 Å². The van der Waals surface area contributed by atoms with E-state index >= 15 is 0 Å². The number of allylic oxidation sites excluding steroid dienone is 1. The lowest BCUT2D eigenvalue weighted by Crippen LogP contribution is -2.35. The minimum atomic E-state index is -3.74. The second-order valence-corrected chi connectivity index (χ2v) is 6.98. The second-order valence-electron chi connectivity index (χ2n) is 4.42. The van der Waals surface area contributed by atoms with E-state index in [2.05, 4.69) is 17.5 Å². The van der Waals surface area contributed by atoms with Gasteiger partial charge in [0.1, 0.15) is 0 Å². The maximum Gasteiger partial charge on any atom is 0.261 e. The van der Waals surface area contributed by atoms with Crippen LogP contribution in [-0.2, 0) is 9.05 Å². The maximum absolute atomic E-state index is 12.0. The highest BCUT2D eigenvalue weighted by Gasteiger charge is 2.15. The Labute approximate surface area is 116 Å². The minimum Gasteiger partial charge on any atom is -0.349 e. The summed E-state index contributed by atoms with van der Waals surface area (Å²) in [6, 6.07) is 5.73. The molecule has 0 saturated carbocycles. The van der Waals surface area contributed by atoms with Crippen LogP contribution in [0.4, 0.5) is 0 Å². The van der Waals surface area contributed by atoms with Crippen molar-refractivity contribution >= 4 is 25.6 Å². The van der Waals surface area contributed by atoms with Crippen LogP contribution in [0.15, 0.2) is 41.3 Å². The van der Waals surface area contributed by atoms with Gasteiger partial charge in [-0.05, 0) is 43.5 Å². The quantitative estimate of drug-likeness (QED) is 0.689. The molecule has 2 rings (SSSR count). The van der Waals surface area contributed by atoms with Crippen LogP contribution in [-0.4, -0.2) is 20.4 Å². The molecule has 0 spiro atoms. The number of carbonyl (C=O) groups excluding carboxylic acids is 1. The summed E-state index contributed by atoms with van der Waals surface area (Å²) < 4.78 is 22.2. The van der Waals surface area contributed by atoms with Crippen LogP contribution in [0.1, 0.15) is 29.6 Å². The molecule has 4 nitrogen and oxygen atoms in total. The van der Waals surface area contributed by atoms with E-state index in [0.717, 1.165) is 19.3 Å². The van der Waals surface area contributed by atoms with Gasteiger partial charge in [0.05, 0.1) is 4.90 Å². The standard InChI is InChI=1S/C13H14ClNO3S/c14-19(17,18)12-8-6-10(7-9-12)13(16)15-11-4-2-1-3-5-11/h1-2,6-9,11H,3-5H2,(H,15,16). The summed E-state index contributed by atoms with van der Waals surface area (Å²) >= 11 is 0. The molecule has 0 heterocycles. The average molecular weight is 300 g/mol. The lowest BCUT2D eigenvalue weighted by Gasteiger charge is -2.19. The molecular formula is C13H14ClNO3S. The summed E-state index contributed by atoms with van der Waals surface area (Å²) in [6.45, 7) is 0. The fourth-order valence-corrected chi connectivity index (χ4v) is 2.73. The van der Waals surface area contributed by atoms with E-state index in [4.69, 9.17) is 10.7 Å². The SMILES string of the molecule is O=C(NC1CC=CCC1)c1ccc(S(=O)(=O)Cl)cc1. The van der Waals surface area contributed by atoms with E-state index in [1.165, 1.54) is 24.3 Å². The van der Waals surface area contributed by atoms with E-state index in [1.54, 1.807) is 0 Å². The highest BCUT2D eigenvalue weighted by atomic mass is 35.7. The summed E-state index contributed by atoms with van der Waals surface area (Å²) in [6.07, 6.45) is 6.88. The van der Waals surface area contributed by atoms with Crippen molar-refractivity contribution in [2.24, 2.45) is 0 Å². The Kier molecular flexibility index (Phi) is 4.27. The molecule has 1 aromatic rings. The number of amides is 1. The number of carbonyl (C=O) groups is 1. The lowest BCUT2D eigenvalue weighted by molar-refractivity contribution is 0.0934. The molecule has 102 valence electrons. The van der Waals surface area contributed by atoms with Gasteiger partial charge in [0.15, 0.2) is 0 Å². The Bertz CT molecular complexity index is 593. The summed E-state index contributed by atoms with van der Waals surface area (Å²) in [4.78, 5) is 11.9. The molecule has 1 aliphatic carbocycles. The van der Waals surface area contributed by atoms with Gasteiger partial charge in [0, 0.05) is 22.3 Å². The summed E-state index contributed by atoms with van der Waals surface area (Å²) in [5.74, 6) is -0.196. The normalized spacial score (nSPS) is 19.1. The first-order chi connectivity index (χ1) is 8.97. The molecule has 0 aliphatic heterocycles. The zero-order valence-electron chi connectivity index (χ0n) is 10.2. The number of hydrogen-bond donors (Lipinski definition) is 1.